The van der Waals surface area contributed by atoms with E-state index in [0.29, 0.717) is 26.0 Å². The Bertz CT molecular complexity index is 408. The summed E-state index contributed by atoms with van der Waals surface area (Å²) in [4.78, 5) is 11.7. The zero-order valence-electron chi connectivity index (χ0n) is 12.1. The van der Waals surface area contributed by atoms with Crippen LogP contribution in [0.2, 0.25) is 0 Å². The molecule has 19 heavy (non-hydrogen) atoms. The van der Waals surface area contributed by atoms with Gasteiger partial charge in [0.05, 0.1) is 12.5 Å². The average molecular weight is 292 g/mol. The molecule has 0 bridgehead atoms. The number of ether oxygens (including phenoxy) is 1. The summed E-state index contributed by atoms with van der Waals surface area (Å²) in [7, 11) is -1.92. The summed E-state index contributed by atoms with van der Waals surface area (Å²) < 4.78 is 32.4. The molecule has 1 heterocycles. The predicted octanol–water partition coefficient (Wildman–Crippen LogP) is 0.846. The predicted molar refractivity (Wildman–Crippen MR) is 72.7 cm³/mol. The van der Waals surface area contributed by atoms with E-state index in [4.69, 9.17) is 4.74 Å². The molecule has 1 atom stereocenters. The lowest BCUT2D eigenvalue weighted by Crippen LogP contribution is -2.49. The summed E-state index contributed by atoms with van der Waals surface area (Å²) in [6.07, 6.45) is 1.38. The van der Waals surface area contributed by atoms with E-state index in [1.54, 1.807) is 14.0 Å². The number of carbonyl (C=O) groups is 1. The Hall–Kier alpha value is -0.660. The number of hydrogen-bond donors (Lipinski definition) is 0. The molecule has 1 aliphatic rings. The Morgan fingerprint density at radius 1 is 1.47 bits per heavy atom. The third kappa shape index (κ3) is 3.90. The molecule has 1 saturated heterocycles. The van der Waals surface area contributed by atoms with Crippen molar-refractivity contribution in [3.8, 4) is 0 Å². The van der Waals surface area contributed by atoms with Gasteiger partial charge in [-0.2, -0.15) is 17.0 Å². The van der Waals surface area contributed by atoms with E-state index in [9.17, 15) is 13.2 Å². The molecule has 6 nitrogen and oxygen atoms in total. The van der Waals surface area contributed by atoms with Gasteiger partial charge >= 0.3 is 5.97 Å². The molecule has 0 spiro atoms. The monoisotopic (exact) mass is 292 g/mol. The molecule has 1 aliphatic heterocycles. The fourth-order valence-corrected chi connectivity index (χ4v) is 3.68. The van der Waals surface area contributed by atoms with Crippen molar-refractivity contribution in [3.63, 3.8) is 0 Å². The molecule has 1 fully saturated rings. The number of hydrogen-bond acceptors (Lipinski definition) is 4. The Labute approximate surface area is 115 Å². The minimum Gasteiger partial charge on any atom is -0.466 e. The first-order valence-electron chi connectivity index (χ1n) is 6.70. The van der Waals surface area contributed by atoms with Gasteiger partial charge in [0.1, 0.15) is 0 Å². The van der Waals surface area contributed by atoms with Gasteiger partial charge in [-0.05, 0) is 33.6 Å². The smallest absolute Gasteiger partial charge is 0.310 e. The summed E-state index contributed by atoms with van der Waals surface area (Å²) in [6.45, 7) is 6.41. The summed E-state index contributed by atoms with van der Waals surface area (Å²) in [6, 6.07) is -0.104. The summed E-state index contributed by atoms with van der Waals surface area (Å²) in [5.41, 5.74) is 0. The van der Waals surface area contributed by atoms with Crippen LogP contribution in [-0.4, -0.2) is 55.8 Å². The van der Waals surface area contributed by atoms with Crippen LogP contribution in [0.25, 0.3) is 0 Å². The van der Waals surface area contributed by atoms with Crippen molar-refractivity contribution in [2.75, 3.05) is 26.7 Å². The first-order valence-corrected chi connectivity index (χ1v) is 8.10. The first-order chi connectivity index (χ1) is 8.80. The Morgan fingerprint density at radius 3 is 2.63 bits per heavy atom. The van der Waals surface area contributed by atoms with E-state index in [1.165, 1.54) is 8.61 Å². The molecular weight excluding hydrogens is 268 g/mol. The second kappa shape index (κ2) is 6.67. The van der Waals surface area contributed by atoms with Gasteiger partial charge in [-0.1, -0.05) is 0 Å². The van der Waals surface area contributed by atoms with Gasteiger partial charge in [-0.15, -0.1) is 0 Å². The van der Waals surface area contributed by atoms with Crippen molar-refractivity contribution < 1.29 is 17.9 Å². The third-order valence-electron chi connectivity index (χ3n) is 3.42. The molecule has 1 rings (SSSR count). The molecule has 0 aliphatic carbocycles. The van der Waals surface area contributed by atoms with Crippen LogP contribution in [0.1, 0.15) is 33.6 Å². The van der Waals surface area contributed by atoms with Crippen LogP contribution < -0.4 is 0 Å². The zero-order chi connectivity index (χ0) is 14.6. The molecule has 0 aromatic rings. The number of carbonyl (C=O) groups excluding carboxylic acids is 1. The Balaban J connectivity index is 2.77. The fraction of sp³-hybridized carbons (Fsp3) is 0.917. The highest BCUT2D eigenvalue weighted by atomic mass is 32.2. The van der Waals surface area contributed by atoms with Gasteiger partial charge in [0.15, 0.2) is 0 Å². The lowest BCUT2D eigenvalue weighted by Gasteiger charge is -2.34. The maximum Gasteiger partial charge on any atom is 0.310 e. The molecule has 0 N–H and O–H groups in total. The maximum absolute atomic E-state index is 12.4. The van der Waals surface area contributed by atoms with Gasteiger partial charge in [-0.3, -0.25) is 4.79 Å². The molecular formula is C12H24N2O4S. The molecule has 7 heteroatoms. The van der Waals surface area contributed by atoms with Crippen LogP contribution in [0.3, 0.4) is 0 Å². The van der Waals surface area contributed by atoms with E-state index in [-0.39, 0.29) is 24.5 Å². The van der Waals surface area contributed by atoms with E-state index >= 15 is 0 Å². The summed E-state index contributed by atoms with van der Waals surface area (Å²) in [5, 5.41) is 0. The normalized spacial score (nSPS) is 21.9. The van der Waals surface area contributed by atoms with E-state index < -0.39 is 10.2 Å². The van der Waals surface area contributed by atoms with E-state index in [1.807, 2.05) is 13.8 Å². The SMILES string of the molecule is CCOC(=O)[C@H]1CCCN(S(=O)(=O)N(C)C(C)C)C1. The van der Waals surface area contributed by atoms with Gasteiger partial charge in [0.2, 0.25) is 0 Å². The van der Waals surface area contributed by atoms with Crippen molar-refractivity contribution >= 4 is 16.2 Å². The van der Waals surface area contributed by atoms with Crippen molar-refractivity contribution in [1.82, 2.24) is 8.61 Å². The van der Waals surface area contributed by atoms with Crippen molar-refractivity contribution in [3.05, 3.63) is 0 Å². The third-order valence-corrected chi connectivity index (χ3v) is 5.56. The number of rotatable bonds is 5. The zero-order valence-corrected chi connectivity index (χ0v) is 12.9. The highest BCUT2D eigenvalue weighted by molar-refractivity contribution is 7.86. The van der Waals surface area contributed by atoms with E-state index in [2.05, 4.69) is 0 Å². The Kier molecular flexibility index (Phi) is 5.76. The molecule has 0 amide bonds. The van der Waals surface area contributed by atoms with Gasteiger partial charge in [-0.25, -0.2) is 0 Å². The average Bonchev–Trinajstić information content (AvgIpc) is 2.38. The molecule has 0 saturated carbocycles. The maximum atomic E-state index is 12.4. The summed E-state index contributed by atoms with van der Waals surface area (Å²) >= 11 is 0. The number of esters is 1. The molecule has 112 valence electrons. The van der Waals surface area contributed by atoms with Crippen molar-refractivity contribution in [2.45, 2.75) is 39.7 Å². The highest BCUT2D eigenvalue weighted by Gasteiger charge is 2.35. The molecule has 0 aromatic carbocycles. The minimum atomic E-state index is -3.48. The highest BCUT2D eigenvalue weighted by Crippen LogP contribution is 2.22. The second-order valence-corrected chi connectivity index (χ2v) is 7.05. The van der Waals surface area contributed by atoms with Crippen molar-refractivity contribution in [2.24, 2.45) is 5.92 Å². The van der Waals surface area contributed by atoms with E-state index in [0.717, 1.165) is 0 Å². The van der Waals surface area contributed by atoms with Crippen LogP contribution in [0.4, 0.5) is 0 Å². The summed E-state index contributed by atoms with van der Waals surface area (Å²) in [5.74, 6) is -0.640. The lowest BCUT2D eigenvalue weighted by molar-refractivity contribution is -0.149. The topological polar surface area (TPSA) is 66.9 Å². The number of nitrogens with zero attached hydrogens (tertiary/aromatic N) is 2. The van der Waals surface area contributed by atoms with Gasteiger partial charge in [0.25, 0.3) is 10.2 Å². The van der Waals surface area contributed by atoms with Crippen LogP contribution in [0.5, 0.6) is 0 Å². The fourth-order valence-electron chi connectivity index (χ4n) is 2.05. The van der Waals surface area contributed by atoms with Crippen LogP contribution >= 0.6 is 0 Å². The lowest BCUT2D eigenvalue weighted by atomic mass is 10.0. The quantitative estimate of drug-likeness (QED) is 0.705. The minimum absolute atomic E-state index is 0.104. The van der Waals surface area contributed by atoms with Crippen LogP contribution in [-0.2, 0) is 19.7 Å². The number of piperidine rings is 1. The van der Waals surface area contributed by atoms with Gasteiger partial charge in [0, 0.05) is 26.2 Å². The standard InChI is InChI=1S/C12H24N2O4S/c1-5-18-12(15)11-7-6-8-14(9-11)19(16,17)13(4)10(2)3/h10-11H,5-9H2,1-4H3/t11-/m0/s1. The van der Waals surface area contributed by atoms with Crippen LogP contribution in [0.15, 0.2) is 0 Å². The molecule has 0 unspecified atom stereocenters. The second-order valence-electron chi connectivity index (χ2n) is 5.07. The van der Waals surface area contributed by atoms with Gasteiger partial charge < -0.3 is 4.74 Å². The van der Waals surface area contributed by atoms with Crippen LogP contribution in [0, 0.1) is 5.92 Å². The first kappa shape index (κ1) is 16.4. The Morgan fingerprint density at radius 2 is 2.11 bits per heavy atom. The molecule has 0 radical (unpaired) electrons. The van der Waals surface area contributed by atoms with Crippen molar-refractivity contribution in [1.29, 1.82) is 0 Å². The molecule has 0 aromatic heterocycles. The largest absolute Gasteiger partial charge is 0.466 e.